The first-order valence-corrected chi connectivity index (χ1v) is 9.33. The predicted octanol–water partition coefficient (Wildman–Crippen LogP) is 6.42. The van der Waals surface area contributed by atoms with Gasteiger partial charge in [-0.3, -0.25) is 14.9 Å². The molecule has 0 amide bonds. The van der Waals surface area contributed by atoms with Crippen molar-refractivity contribution in [2.75, 3.05) is 0 Å². The Labute approximate surface area is 173 Å². The first kappa shape index (κ1) is 19.1. The van der Waals surface area contributed by atoms with Crippen molar-refractivity contribution in [2.24, 2.45) is 0 Å². The highest BCUT2D eigenvalue weighted by Crippen LogP contribution is 2.26. The summed E-state index contributed by atoms with van der Waals surface area (Å²) < 4.78 is 5.71. The van der Waals surface area contributed by atoms with Gasteiger partial charge in [0, 0.05) is 23.3 Å². The molecule has 0 saturated carbocycles. The zero-order valence-electron chi connectivity index (χ0n) is 15.9. The molecule has 146 valence electrons. The van der Waals surface area contributed by atoms with E-state index in [-0.39, 0.29) is 11.5 Å². The van der Waals surface area contributed by atoms with E-state index in [1.807, 2.05) is 42.5 Å². The van der Waals surface area contributed by atoms with E-state index < -0.39 is 4.92 Å². The largest absolute Gasteiger partial charge is 0.457 e. The van der Waals surface area contributed by atoms with Crippen LogP contribution in [0.5, 0.6) is 0 Å². The number of benzene rings is 3. The van der Waals surface area contributed by atoms with Gasteiger partial charge in [-0.15, -0.1) is 0 Å². The number of carbonyl (C=O) groups excluding carboxylic acids is 1. The molecule has 1 heterocycles. The molecule has 30 heavy (non-hydrogen) atoms. The van der Waals surface area contributed by atoms with Crippen molar-refractivity contribution < 1.29 is 14.1 Å². The van der Waals surface area contributed by atoms with Gasteiger partial charge in [-0.1, -0.05) is 66.7 Å². The summed E-state index contributed by atoms with van der Waals surface area (Å²) in [5.74, 6) is 0.853. The van der Waals surface area contributed by atoms with E-state index in [9.17, 15) is 14.9 Å². The number of carbonyl (C=O) groups is 1. The Morgan fingerprint density at radius 2 is 1.50 bits per heavy atom. The molecule has 1 aromatic heterocycles. The van der Waals surface area contributed by atoms with Crippen LogP contribution in [-0.2, 0) is 0 Å². The van der Waals surface area contributed by atoms with Crippen LogP contribution < -0.4 is 0 Å². The maximum absolute atomic E-state index is 12.5. The topological polar surface area (TPSA) is 73.3 Å². The maximum atomic E-state index is 12.5. The molecule has 0 aliphatic rings. The van der Waals surface area contributed by atoms with Crippen molar-refractivity contribution in [3.05, 3.63) is 119 Å². The molecule has 0 spiro atoms. The number of non-ortho nitro benzene ring substituents is 1. The zero-order valence-corrected chi connectivity index (χ0v) is 15.9. The van der Waals surface area contributed by atoms with Crippen molar-refractivity contribution in [1.82, 2.24) is 0 Å². The standard InChI is InChI=1S/C25H17NO4/c27-24(20-11-9-19(10-12-20)18-5-2-1-3-6-18)15-13-23-14-16-25(30-23)21-7-4-8-22(17-21)26(28)29/h1-17H. The summed E-state index contributed by atoms with van der Waals surface area (Å²) in [4.78, 5) is 22.9. The van der Waals surface area contributed by atoms with Gasteiger partial charge in [0.15, 0.2) is 5.78 Å². The van der Waals surface area contributed by atoms with Crippen LogP contribution in [0.4, 0.5) is 5.69 Å². The van der Waals surface area contributed by atoms with Crippen molar-refractivity contribution in [2.45, 2.75) is 0 Å². The van der Waals surface area contributed by atoms with Crippen LogP contribution in [0, 0.1) is 10.1 Å². The highest BCUT2D eigenvalue weighted by Gasteiger charge is 2.10. The Morgan fingerprint density at radius 1 is 0.800 bits per heavy atom. The molecule has 0 atom stereocenters. The van der Waals surface area contributed by atoms with Gasteiger partial charge in [0.1, 0.15) is 11.5 Å². The minimum atomic E-state index is -0.449. The second kappa shape index (κ2) is 8.41. The van der Waals surface area contributed by atoms with Crippen LogP contribution in [0.2, 0.25) is 0 Å². The van der Waals surface area contributed by atoms with E-state index in [2.05, 4.69) is 0 Å². The van der Waals surface area contributed by atoms with Crippen LogP contribution in [0.25, 0.3) is 28.5 Å². The lowest BCUT2D eigenvalue weighted by Crippen LogP contribution is -1.93. The fraction of sp³-hybridized carbons (Fsp3) is 0. The van der Waals surface area contributed by atoms with E-state index >= 15 is 0 Å². The van der Waals surface area contributed by atoms with Crippen molar-refractivity contribution >= 4 is 17.5 Å². The minimum Gasteiger partial charge on any atom is -0.457 e. The Balaban J connectivity index is 1.47. The Kier molecular flexibility index (Phi) is 5.35. The van der Waals surface area contributed by atoms with E-state index in [1.54, 1.807) is 42.5 Å². The smallest absolute Gasteiger partial charge is 0.270 e. The summed E-state index contributed by atoms with van der Waals surface area (Å²) >= 11 is 0. The number of nitro groups is 1. The summed E-state index contributed by atoms with van der Waals surface area (Å²) in [6, 6.07) is 27.0. The van der Waals surface area contributed by atoms with Gasteiger partial charge in [0.2, 0.25) is 0 Å². The number of hydrogen-bond acceptors (Lipinski definition) is 4. The fourth-order valence-corrected chi connectivity index (χ4v) is 3.08. The van der Waals surface area contributed by atoms with Crippen molar-refractivity contribution in [1.29, 1.82) is 0 Å². The number of furan rings is 1. The Hall–Kier alpha value is -4.25. The first-order valence-electron chi connectivity index (χ1n) is 9.33. The van der Waals surface area contributed by atoms with Gasteiger partial charge in [0.25, 0.3) is 5.69 Å². The third-order valence-electron chi connectivity index (χ3n) is 4.64. The number of hydrogen-bond donors (Lipinski definition) is 0. The number of allylic oxidation sites excluding steroid dienone is 1. The third kappa shape index (κ3) is 4.25. The van der Waals surface area contributed by atoms with E-state index in [1.165, 1.54) is 18.2 Å². The summed E-state index contributed by atoms with van der Waals surface area (Å²) in [6.07, 6.45) is 3.04. The maximum Gasteiger partial charge on any atom is 0.270 e. The molecular formula is C25H17NO4. The Bertz CT molecular complexity index is 1220. The lowest BCUT2D eigenvalue weighted by atomic mass is 10.0. The van der Waals surface area contributed by atoms with Crippen LogP contribution in [0.15, 0.2) is 101 Å². The molecule has 0 radical (unpaired) electrons. The highest BCUT2D eigenvalue weighted by atomic mass is 16.6. The molecule has 4 rings (SSSR count). The average molecular weight is 395 g/mol. The molecule has 5 nitrogen and oxygen atoms in total. The molecule has 0 saturated heterocycles. The number of rotatable bonds is 6. The van der Waals surface area contributed by atoms with E-state index in [0.717, 1.165) is 11.1 Å². The van der Waals surface area contributed by atoms with Gasteiger partial charge < -0.3 is 4.42 Å². The van der Waals surface area contributed by atoms with Gasteiger partial charge in [-0.2, -0.15) is 0 Å². The van der Waals surface area contributed by atoms with Gasteiger partial charge in [-0.05, 0) is 35.4 Å². The quantitative estimate of drug-likeness (QED) is 0.163. The molecule has 0 fully saturated rings. The number of nitro benzene ring substituents is 1. The van der Waals surface area contributed by atoms with Gasteiger partial charge in [-0.25, -0.2) is 0 Å². The predicted molar refractivity (Wildman–Crippen MR) is 116 cm³/mol. The molecule has 0 unspecified atom stereocenters. The lowest BCUT2D eigenvalue weighted by molar-refractivity contribution is -0.384. The first-order chi connectivity index (χ1) is 14.6. The molecular weight excluding hydrogens is 378 g/mol. The summed E-state index contributed by atoms with van der Waals surface area (Å²) in [5, 5.41) is 10.9. The van der Waals surface area contributed by atoms with E-state index in [4.69, 9.17) is 4.42 Å². The normalized spacial score (nSPS) is 10.9. The highest BCUT2D eigenvalue weighted by molar-refractivity contribution is 6.06. The number of nitrogens with zero attached hydrogens (tertiary/aromatic N) is 1. The van der Waals surface area contributed by atoms with Crippen LogP contribution in [0.3, 0.4) is 0 Å². The van der Waals surface area contributed by atoms with Gasteiger partial charge >= 0.3 is 0 Å². The van der Waals surface area contributed by atoms with Crippen molar-refractivity contribution in [3.8, 4) is 22.5 Å². The third-order valence-corrected chi connectivity index (χ3v) is 4.64. The van der Waals surface area contributed by atoms with Crippen LogP contribution in [0.1, 0.15) is 16.1 Å². The van der Waals surface area contributed by atoms with Crippen LogP contribution >= 0.6 is 0 Å². The van der Waals surface area contributed by atoms with E-state index in [0.29, 0.717) is 22.6 Å². The Morgan fingerprint density at radius 3 is 2.23 bits per heavy atom. The molecule has 0 N–H and O–H groups in total. The molecule has 5 heteroatoms. The second-order valence-corrected chi connectivity index (χ2v) is 6.65. The van der Waals surface area contributed by atoms with Crippen LogP contribution in [-0.4, -0.2) is 10.7 Å². The van der Waals surface area contributed by atoms with Crippen molar-refractivity contribution in [3.63, 3.8) is 0 Å². The molecule has 0 bridgehead atoms. The summed E-state index contributed by atoms with van der Waals surface area (Å²) in [7, 11) is 0. The molecule has 0 aliphatic carbocycles. The zero-order chi connectivity index (χ0) is 20.9. The average Bonchev–Trinajstić information content (AvgIpc) is 3.27. The lowest BCUT2D eigenvalue weighted by Gasteiger charge is -2.02. The second-order valence-electron chi connectivity index (χ2n) is 6.65. The molecule has 3 aromatic carbocycles. The molecule has 4 aromatic rings. The monoisotopic (exact) mass is 395 g/mol. The number of ketones is 1. The SMILES string of the molecule is O=C(C=Cc1ccc(-c2cccc([N+](=O)[O-])c2)o1)c1ccc(-c2ccccc2)cc1. The molecule has 0 aliphatic heterocycles. The summed E-state index contributed by atoms with van der Waals surface area (Å²) in [6.45, 7) is 0. The fourth-order valence-electron chi connectivity index (χ4n) is 3.08. The van der Waals surface area contributed by atoms with Gasteiger partial charge in [0.05, 0.1) is 4.92 Å². The minimum absolute atomic E-state index is 0.00452. The summed E-state index contributed by atoms with van der Waals surface area (Å²) in [5.41, 5.74) is 3.32.